The van der Waals surface area contributed by atoms with Crippen LogP contribution in [0.5, 0.6) is 0 Å². The average molecular weight is 269 g/mol. The van der Waals surface area contributed by atoms with Crippen LogP contribution >= 0.6 is 11.6 Å². The minimum atomic E-state index is -0.798. The van der Waals surface area contributed by atoms with E-state index in [0.29, 0.717) is 5.56 Å². The van der Waals surface area contributed by atoms with E-state index in [9.17, 15) is 9.59 Å². The van der Waals surface area contributed by atoms with Crippen molar-refractivity contribution in [2.24, 2.45) is 5.73 Å². The van der Waals surface area contributed by atoms with E-state index in [1.165, 1.54) is 4.90 Å². The molecular formula is C13H17ClN2O2. The molecule has 0 saturated heterocycles. The molecule has 18 heavy (non-hydrogen) atoms. The van der Waals surface area contributed by atoms with Gasteiger partial charge >= 0.3 is 0 Å². The van der Waals surface area contributed by atoms with Gasteiger partial charge in [-0.05, 0) is 19.4 Å². The van der Waals surface area contributed by atoms with Crippen LogP contribution in [0.3, 0.4) is 0 Å². The smallest absolute Gasteiger partial charge is 0.245 e. The van der Waals surface area contributed by atoms with Crippen molar-refractivity contribution in [3.05, 3.63) is 35.9 Å². The van der Waals surface area contributed by atoms with Gasteiger partial charge < -0.3 is 10.6 Å². The van der Waals surface area contributed by atoms with Crippen LogP contribution < -0.4 is 5.73 Å². The Bertz CT molecular complexity index is 420. The summed E-state index contributed by atoms with van der Waals surface area (Å²) >= 11 is 6.14. The maximum atomic E-state index is 12.2. The third-order valence-electron chi connectivity index (χ3n) is 2.54. The number of primary amides is 1. The Labute approximate surface area is 112 Å². The Morgan fingerprint density at radius 2 is 1.83 bits per heavy atom. The standard InChI is InChI=1S/C13H17ClN2O2/c1-9(2)16(8-11(15)17)13(18)12(14)10-6-4-3-5-7-10/h3-7,9,12H,8H2,1-2H3,(H2,15,17). The molecule has 0 spiro atoms. The zero-order chi connectivity index (χ0) is 13.7. The molecule has 0 aliphatic rings. The molecule has 1 atom stereocenters. The molecule has 0 aromatic heterocycles. The van der Waals surface area contributed by atoms with E-state index >= 15 is 0 Å². The Hall–Kier alpha value is -1.55. The summed E-state index contributed by atoms with van der Waals surface area (Å²) in [5.41, 5.74) is 5.84. The van der Waals surface area contributed by atoms with E-state index in [-0.39, 0.29) is 18.5 Å². The van der Waals surface area contributed by atoms with Crippen LogP contribution in [0.4, 0.5) is 0 Å². The first-order valence-electron chi connectivity index (χ1n) is 5.71. The van der Waals surface area contributed by atoms with Gasteiger partial charge in [0.2, 0.25) is 11.8 Å². The lowest BCUT2D eigenvalue weighted by Crippen LogP contribution is -2.44. The number of benzene rings is 1. The largest absolute Gasteiger partial charge is 0.368 e. The highest BCUT2D eigenvalue weighted by Crippen LogP contribution is 2.23. The number of nitrogens with two attached hydrogens (primary N) is 1. The number of amides is 2. The van der Waals surface area contributed by atoms with E-state index in [2.05, 4.69) is 0 Å². The molecule has 4 nitrogen and oxygen atoms in total. The summed E-state index contributed by atoms with van der Waals surface area (Å²) in [6.45, 7) is 3.51. The zero-order valence-electron chi connectivity index (χ0n) is 10.5. The fraction of sp³-hybridized carbons (Fsp3) is 0.385. The maximum Gasteiger partial charge on any atom is 0.245 e. The summed E-state index contributed by atoms with van der Waals surface area (Å²) in [6.07, 6.45) is 0. The van der Waals surface area contributed by atoms with Gasteiger partial charge in [-0.15, -0.1) is 11.6 Å². The summed E-state index contributed by atoms with van der Waals surface area (Å²) in [4.78, 5) is 24.6. The molecule has 2 N–H and O–H groups in total. The number of carbonyl (C=O) groups excluding carboxylic acids is 2. The number of halogens is 1. The first kappa shape index (κ1) is 14.5. The molecule has 0 fully saturated rings. The van der Waals surface area contributed by atoms with Gasteiger partial charge in [0.25, 0.3) is 0 Å². The lowest BCUT2D eigenvalue weighted by Gasteiger charge is -2.27. The highest BCUT2D eigenvalue weighted by molar-refractivity contribution is 6.30. The van der Waals surface area contributed by atoms with E-state index in [1.54, 1.807) is 12.1 Å². The molecule has 0 aliphatic carbocycles. The molecule has 0 radical (unpaired) electrons. The fourth-order valence-corrected chi connectivity index (χ4v) is 1.86. The maximum absolute atomic E-state index is 12.2. The number of nitrogens with zero attached hydrogens (tertiary/aromatic N) is 1. The molecule has 5 heteroatoms. The summed E-state index contributed by atoms with van der Waals surface area (Å²) < 4.78 is 0. The van der Waals surface area contributed by atoms with Crippen molar-refractivity contribution in [1.29, 1.82) is 0 Å². The highest BCUT2D eigenvalue weighted by Gasteiger charge is 2.26. The van der Waals surface area contributed by atoms with E-state index in [0.717, 1.165) is 0 Å². The number of rotatable bonds is 5. The first-order valence-corrected chi connectivity index (χ1v) is 6.15. The van der Waals surface area contributed by atoms with Gasteiger partial charge in [-0.3, -0.25) is 9.59 Å². The number of carbonyl (C=O) groups is 2. The normalized spacial score (nSPS) is 12.2. The fourth-order valence-electron chi connectivity index (χ4n) is 1.59. The summed E-state index contributed by atoms with van der Waals surface area (Å²) in [5.74, 6) is -0.856. The number of hydrogen-bond donors (Lipinski definition) is 1. The second kappa shape index (κ2) is 6.40. The molecule has 0 bridgehead atoms. The van der Waals surface area contributed by atoms with Crippen molar-refractivity contribution in [2.75, 3.05) is 6.54 Å². The topological polar surface area (TPSA) is 63.4 Å². The molecule has 1 aromatic rings. The SMILES string of the molecule is CC(C)N(CC(N)=O)C(=O)C(Cl)c1ccccc1. The molecule has 0 saturated carbocycles. The third-order valence-corrected chi connectivity index (χ3v) is 2.98. The van der Waals surface area contributed by atoms with Gasteiger partial charge in [-0.1, -0.05) is 30.3 Å². The van der Waals surface area contributed by atoms with Gasteiger partial charge in [0.05, 0.1) is 6.54 Å². The first-order chi connectivity index (χ1) is 8.43. The second-order valence-electron chi connectivity index (χ2n) is 4.30. The molecule has 1 rings (SSSR count). The van der Waals surface area contributed by atoms with Crippen LogP contribution in [0.15, 0.2) is 30.3 Å². The van der Waals surface area contributed by atoms with Gasteiger partial charge in [-0.2, -0.15) is 0 Å². The van der Waals surface area contributed by atoms with Crippen molar-refractivity contribution < 1.29 is 9.59 Å². The van der Waals surface area contributed by atoms with E-state index in [1.807, 2.05) is 32.0 Å². The summed E-state index contributed by atoms with van der Waals surface area (Å²) in [5, 5.41) is -0.798. The molecule has 0 aliphatic heterocycles. The highest BCUT2D eigenvalue weighted by atomic mass is 35.5. The molecular weight excluding hydrogens is 252 g/mol. The summed E-state index contributed by atoms with van der Waals surface area (Å²) in [7, 11) is 0. The number of alkyl halides is 1. The lowest BCUT2D eigenvalue weighted by molar-refractivity contribution is -0.136. The average Bonchev–Trinajstić information content (AvgIpc) is 2.34. The minimum absolute atomic E-state index is 0.118. The van der Waals surface area contributed by atoms with Gasteiger partial charge in [0.15, 0.2) is 0 Å². The van der Waals surface area contributed by atoms with Crippen molar-refractivity contribution in [2.45, 2.75) is 25.3 Å². The third kappa shape index (κ3) is 3.74. The van der Waals surface area contributed by atoms with Crippen molar-refractivity contribution in [1.82, 2.24) is 4.90 Å². The van der Waals surface area contributed by atoms with Crippen molar-refractivity contribution in [3.63, 3.8) is 0 Å². The monoisotopic (exact) mass is 268 g/mol. The molecule has 98 valence electrons. The van der Waals surface area contributed by atoms with Gasteiger partial charge in [0.1, 0.15) is 5.38 Å². The van der Waals surface area contributed by atoms with Crippen LogP contribution in [-0.2, 0) is 9.59 Å². The predicted octanol–water partition coefficient (Wildman–Crippen LogP) is 1.69. The molecule has 1 aromatic carbocycles. The van der Waals surface area contributed by atoms with E-state index in [4.69, 9.17) is 17.3 Å². The van der Waals surface area contributed by atoms with Crippen molar-refractivity contribution >= 4 is 23.4 Å². The van der Waals surface area contributed by atoms with Crippen LogP contribution in [0, 0.1) is 0 Å². The predicted molar refractivity (Wildman–Crippen MR) is 71.1 cm³/mol. The van der Waals surface area contributed by atoms with Crippen LogP contribution in [0.2, 0.25) is 0 Å². The second-order valence-corrected chi connectivity index (χ2v) is 4.74. The summed E-state index contributed by atoms with van der Waals surface area (Å²) in [6, 6.07) is 8.89. The van der Waals surface area contributed by atoms with Crippen LogP contribution in [0.25, 0.3) is 0 Å². The van der Waals surface area contributed by atoms with Crippen LogP contribution in [-0.4, -0.2) is 29.3 Å². The van der Waals surface area contributed by atoms with Gasteiger partial charge in [-0.25, -0.2) is 0 Å². The van der Waals surface area contributed by atoms with Gasteiger partial charge in [0, 0.05) is 6.04 Å². The van der Waals surface area contributed by atoms with E-state index < -0.39 is 11.3 Å². The molecule has 2 amide bonds. The molecule has 0 heterocycles. The number of hydrogen-bond acceptors (Lipinski definition) is 2. The Morgan fingerprint density at radius 1 is 1.28 bits per heavy atom. The minimum Gasteiger partial charge on any atom is -0.368 e. The Kier molecular flexibility index (Phi) is 5.16. The van der Waals surface area contributed by atoms with Crippen LogP contribution in [0.1, 0.15) is 24.8 Å². The lowest BCUT2D eigenvalue weighted by atomic mass is 10.1. The molecule has 1 unspecified atom stereocenters. The quantitative estimate of drug-likeness (QED) is 0.826. The Morgan fingerprint density at radius 3 is 2.28 bits per heavy atom. The zero-order valence-corrected chi connectivity index (χ0v) is 11.2. The van der Waals surface area contributed by atoms with Crippen molar-refractivity contribution in [3.8, 4) is 0 Å². The Balaban J connectivity index is 2.86.